The van der Waals surface area contributed by atoms with Crippen LogP contribution in [-0.2, 0) is 16.0 Å². The Balaban J connectivity index is 1.30. The van der Waals surface area contributed by atoms with Crippen LogP contribution in [0.2, 0.25) is 0 Å². The fraction of sp³-hybridized carbons (Fsp3) is 0.200. The molecule has 1 fully saturated rings. The molecule has 33 heavy (non-hydrogen) atoms. The fourth-order valence-electron chi connectivity index (χ4n) is 3.39. The van der Waals surface area contributed by atoms with E-state index >= 15 is 0 Å². The first-order chi connectivity index (χ1) is 16.0. The highest BCUT2D eigenvalue weighted by molar-refractivity contribution is 8.00. The third-order valence-corrected chi connectivity index (χ3v) is 6.45. The first kappa shape index (κ1) is 22.7. The third-order valence-electron chi connectivity index (χ3n) is 5.14. The number of thioether (sulfide) groups is 1. The summed E-state index contributed by atoms with van der Waals surface area (Å²) in [6.07, 6.45) is 0.485. The van der Waals surface area contributed by atoms with Crippen LogP contribution in [0.4, 0.5) is 10.1 Å². The number of nitrogens with one attached hydrogen (secondary N) is 2. The van der Waals surface area contributed by atoms with Gasteiger partial charge in [-0.3, -0.25) is 9.59 Å². The number of hydrogen-bond donors (Lipinski definition) is 2. The molecule has 2 atom stereocenters. The van der Waals surface area contributed by atoms with Crippen LogP contribution < -0.4 is 20.1 Å². The van der Waals surface area contributed by atoms with Gasteiger partial charge in [-0.05, 0) is 60.5 Å². The van der Waals surface area contributed by atoms with Gasteiger partial charge in [-0.1, -0.05) is 24.3 Å². The Morgan fingerprint density at radius 3 is 2.42 bits per heavy atom. The molecule has 2 N–H and O–H groups in total. The summed E-state index contributed by atoms with van der Waals surface area (Å²) in [5.74, 6) is 1.48. The van der Waals surface area contributed by atoms with E-state index in [0.29, 0.717) is 35.1 Å². The first-order valence-corrected chi connectivity index (χ1v) is 11.4. The quantitative estimate of drug-likeness (QED) is 0.540. The van der Waals surface area contributed by atoms with Gasteiger partial charge in [-0.25, -0.2) is 4.39 Å². The molecule has 1 saturated heterocycles. The normalized spacial score (nSPS) is 17.7. The first-order valence-electron chi connectivity index (χ1n) is 10.4. The van der Waals surface area contributed by atoms with Crippen LogP contribution in [0.5, 0.6) is 17.2 Å². The minimum atomic E-state index is -0.628. The van der Waals surface area contributed by atoms with Crippen LogP contribution in [0, 0.1) is 5.82 Å². The van der Waals surface area contributed by atoms with E-state index in [0.717, 1.165) is 5.56 Å². The van der Waals surface area contributed by atoms with Gasteiger partial charge in [0, 0.05) is 11.4 Å². The zero-order chi connectivity index (χ0) is 23.2. The zero-order valence-corrected chi connectivity index (χ0v) is 18.7. The van der Waals surface area contributed by atoms with Gasteiger partial charge >= 0.3 is 0 Å². The third kappa shape index (κ3) is 5.84. The molecule has 4 rings (SSSR count). The maximum atomic E-state index is 13.1. The Kier molecular flexibility index (Phi) is 7.14. The molecule has 8 heteroatoms. The van der Waals surface area contributed by atoms with Crippen molar-refractivity contribution in [3.8, 4) is 17.2 Å². The SMILES string of the molecule is COc1ccccc1Oc1ccc(NC(=O)C2CSC(Cc3ccc(F)cc3)C(=O)N2)cc1. The number of hydrogen-bond acceptors (Lipinski definition) is 5. The summed E-state index contributed by atoms with van der Waals surface area (Å²) in [5.41, 5.74) is 1.47. The molecular weight excluding hydrogens is 443 g/mol. The largest absolute Gasteiger partial charge is 0.493 e. The molecule has 0 aliphatic carbocycles. The lowest BCUT2D eigenvalue weighted by atomic mass is 10.1. The molecule has 6 nitrogen and oxygen atoms in total. The van der Waals surface area contributed by atoms with Crippen molar-refractivity contribution in [1.29, 1.82) is 0 Å². The number of rotatable bonds is 7. The highest BCUT2D eigenvalue weighted by atomic mass is 32.2. The highest BCUT2D eigenvalue weighted by Gasteiger charge is 2.32. The second-order valence-corrected chi connectivity index (χ2v) is 8.72. The predicted molar refractivity (Wildman–Crippen MR) is 126 cm³/mol. The topological polar surface area (TPSA) is 76.7 Å². The molecule has 1 aliphatic heterocycles. The average molecular weight is 467 g/mol. The van der Waals surface area contributed by atoms with Crippen molar-refractivity contribution >= 4 is 29.3 Å². The summed E-state index contributed by atoms with van der Waals surface area (Å²) in [5, 5.41) is 5.30. The highest BCUT2D eigenvalue weighted by Crippen LogP contribution is 2.31. The molecule has 3 aromatic carbocycles. The van der Waals surface area contributed by atoms with Crippen LogP contribution in [0.25, 0.3) is 0 Å². The van der Waals surface area contributed by atoms with Crippen molar-refractivity contribution in [3.63, 3.8) is 0 Å². The molecular formula is C25H23FN2O4S. The van der Waals surface area contributed by atoms with Crippen molar-refractivity contribution in [2.75, 3.05) is 18.2 Å². The number of para-hydroxylation sites is 2. The number of carbonyl (C=O) groups excluding carboxylic acids is 2. The lowest BCUT2D eigenvalue weighted by Gasteiger charge is -2.28. The van der Waals surface area contributed by atoms with Crippen LogP contribution in [0.15, 0.2) is 72.8 Å². The Bertz CT molecular complexity index is 1120. The van der Waals surface area contributed by atoms with Gasteiger partial charge in [0.05, 0.1) is 12.4 Å². The number of amides is 2. The molecule has 0 spiro atoms. The summed E-state index contributed by atoms with van der Waals surface area (Å²) in [6.45, 7) is 0. The van der Waals surface area contributed by atoms with Gasteiger partial charge in [0.1, 0.15) is 17.6 Å². The van der Waals surface area contributed by atoms with E-state index in [1.165, 1.54) is 23.9 Å². The summed E-state index contributed by atoms with van der Waals surface area (Å²) >= 11 is 1.43. The lowest BCUT2D eigenvalue weighted by molar-refractivity contribution is -0.126. The molecule has 1 aliphatic rings. The van der Waals surface area contributed by atoms with E-state index in [-0.39, 0.29) is 22.9 Å². The van der Waals surface area contributed by atoms with Gasteiger partial charge in [0.15, 0.2) is 11.5 Å². The molecule has 3 aromatic rings. The van der Waals surface area contributed by atoms with E-state index in [1.54, 1.807) is 49.6 Å². The van der Waals surface area contributed by atoms with Gasteiger partial charge in [-0.2, -0.15) is 0 Å². The van der Waals surface area contributed by atoms with Crippen molar-refractivity contribution in [3.05, 3.63) is 84.2 Å². The summed E-state index contributed by atoms with van der Waals surface area (Å²) < 4.78 is 24.2. The van der Waals surface area contributed by atoms with Gasteiger partial charge in [0.25, 0.3) is 0 Å². The van der Waals surface area contributed by atoms with Crippen LogP contribution in [-0.4, -0.2) is 36.0 Å². The molecule has 0 saturated carbocycles. The minimum absolute atomic E-state index is 0.198. The maximum Gasteiger partial charge on any atom is 0.247 e. The minimum Gasteiger partial charge on any atom is -0.493 e. The molecule has 0 aromatic heterocycles. The number of anilines is 1. The average Bonchev–Trinajstić information content (AvgIpc) is 2.83. The molecule has 0 radical (unpaired) electrons. The second-order valence-electron chi connectivity index (χ2n) is 7.48. The molecule has 0 bridgehead atoms. The fourth-order valence-corrected chi connectivity index (χ4v) is 4.58. The van der Waals surface area contributed by atoms with Gasteiger partial charge < -0.3 is 20.1 Å². The number of ether oxygens (including phenoxy) is 2. The summed E-state index contributed by atoms with van der Waals surface area (Å²) in [7, 11) is 1.58. The smallest absolute Gasteiger partial charge is 0.247 e. The Labute approximate surface area is 195 Å². The van der Waals surface area contributed by atoms with Gasteiger partial charge in [-0.15, -0.1) is 11.8 Å². The molecule has 170 valence electrons. The molecule has 2 unspecified atom stereocenters. The van der Waals surface area contributed by atoms with Crippen molar-refractivity contribution in [2.45, 2.75) is 17.7 Å². The standard InChI is InChI=1S/C25H23FN2O4S/c1-31-21-4-2-3-5-22(21)32-19-12-10-18(11-13-19)27-24(29)20-15-33-23(25(30)28-20)14-16-6-8-17(26)9-7-16/h2-13,20,23H,14-15H2,1H3,(H,27,29)(H,28,30). The van der Waals surface area contributed by atoms with E-state index in [4.69, 9.17) is 9.47 Å². The predicted octanol–water partition coefficient (Wildman–Crippen LogP) is 4.41. The lowest BCUT2D eigenvalue weighted by Crippen LogP contribution is -2.52. The second kappa shape index (κ2) is 10.4. The van der Waals surface area contributed by atoms with Crippen LogP contribution in [0.1, 0.15) is 5.56 Å². The van der Waals surface area contributed by atoms with Crippen molar-refractivity contribution in [1.82, 2.24) is 5.32 Å². The summed E-state index contributed by atoms with van der Waals surface area (Å²) in [6, 6.07) is 19.8. The molecule has 2 amide bonds. The van der Waals surface area contributed by atoms with E-state index in [9.17, 15) is 14.0 Å². The molecule has 1 heterocycles. The van der Waals surface area contributed by atoms with E-state index in [1.807, 2.05) is 18.2 Å². The number of benzene rings is 3. The monoisotopic (exact) mass is 466 g/mol. The Hall–Kier alpha value is -3.52. The van der Waals surface area contributed by atoms with Crippen LogP contribution in [0.3, 0.4) is 0 Å². The number of halogens is 1. The van der Waals surface area contributed by atoms with Gasteiger partial charge in [0.2, 0.25) is 11.8 Å². The maximum absolute atomic E-state index is 13.1. The van der Waals surface area contributed by atoms with Crippen molar-refractivity contribution in [2.24, 2.45) is 0 Å². The summed E-state index contributed by atoms with van der Waals surface area (Å²) in [4.78, 5) is 25.1. The van der Waals surface area contributed by atoms with Crippen LogP contribution >= 0.6 is 11.8 Å². The van der Waals surface area contributed by atoms with E-state index in [2.05, 4.69) is 10.6 Å². The zero-order valence-electron chi connectivity index (χ0n) is 17.9. The van der Waals surface area contributed by atoms with E-state index < -0.39 is 6.04 Å². The Morgan fingerprint density at radius 1 is 1.06 bits per heavy atom. The number of methoxy groups -OCH3 is 1. The Morgan fingerprint density at radius 2 is 1.76 bits per heavy atom. The number of carbonyl (C=O) groups is 2. The van der Waals surface area contributed by atoms with Crippen molar-refractivity contribution < 1.29 is 23.5 Å².